The molecule has 1 aromatic carbocycles. The number of anilines is 1. The second kappa shape index (κ2) is 7.88. The quantitative estimate of drug-likeness (QED) is 0.530. The third-order valence-electron chi connectivity index (χ3n) is 5.90. The van der Waals surface area contributed by atoms with Crippen molar-refractivity contribution >= 4 is 28.1 Å². The average molecular weight is 416 g/mol. The Morgan fingerprint density at radius 1 is 1.10 bits per heavy atom. The topological polar surface area (TPSA) is 85.7 Å². The van der Waals surface area contributed by atoms with Crippen LogP contribution in [0.4, 0.5) is 5.69 Å². The molecule has 1 aliphatic heterocycles. The Hall–Kier alpha value is -3.65. The van der Waals surface area contributed by atoms with Crippen LogP contribution < -0.4 is 15.8 Å². The van der Waals surface area contributed by atoms with Gasteiger partial charge in [0.1, 0.15) is 11.2 Å². The van der Waals surface area contributed by atoms with Gasteiger partial charge in [-0.1, -0.05) is 6.07 Å². The van der Waals surface area contributed by atoms with Crippen molar-refractivity contribution in [3.05, 3.63) is 76.5 Å². The van der Waals surface area contributed by atoms with Crippen LogP contribution in [0.1, 0.15) is 16.1 Å². The third-order valence-corrected chi connectivity index (χ3v) is 5.90. The first kappa shape index (κ1) is 19.3. The van der Waals surface area contributed by atoms with Gasteiger partial charge in [0.05, 0.1) is 22.9 Å². The number of aromatic amines is 1. The zero-order valence-corrected chi connectivity index (χ0v) is 17.3. The molecule has 1 aliphatic rings. The maximum absolute atomic E-state index is 12.3. The number of hydrogen-bond donors (Lipinski definition) is 2. The lowest BCUT2D eigenvalue weighted by Crippen LogP contribution is -2.46. The fraction of sp³-hybridized carbons (Fsp3) is 0.261. The maximum Gasteiger partial charge on any atom is 0.272 e. The monoisotopic (exact) mass is 416 g/mol. The number of pyridine rings is 1. The first-order chi connectivity index (χ1) is 15.1. The van der Waals surface area contributed by atoms with Gasteiger partial charge < -0.3 is 19.6 Å². The molecule has 5 rings (SSSR count). The molecule has 8 heteroatoms. The largest absolute Gasteiger partial charge is 0.368 e. The molecule has 1 fully saturated rings. The highest BCUT2D eigenvalue weighted by Gasteiger charge is 2.18. The van der Waals surface area contributed by atoms with Crippen molar-refractivity contribution < 1.29 is 4.79 Å². The van der Waals surface area contributed by atoms with Crippen LogP contribution in [0, 0.1) is 0 Å². The number of rotatable bonds is 4. The van der Waals surface area contributed by atoms with E-state index in [1.807, 2.05) is 28.8 Å². The predicted molar refractivity (Wildman–Crippen MR) is 121 cm³/mol. The van der Waals surface area contributed by atoms with E-state index in [0.29, 0.717) is 11.2 Å². The van der Waals surface area contributed by atoms with E-state index in [9.17, 15) is 9.59 Å². The molecule has 0 radical (unpaired) electrons. The van der Waals surface area contributed by atoms with Gasteiger partial charge in [-0.2, -0.15) is 0 Å². The first-order valence-corrected chi connectivity index (χ1v) is 10.4. The van der Waals surface area contributed by atoms with Gasteiger partial charge in [-0.25, -0.2) is 4.98 Å². The molecule has 4 aromatic rings. The van der Waals surface area contributed by atoms with Gasteiger partial charge in [0, 0.05) is 46.0 Å². The molecule has 0 saturated carbocycles. The number of fused-ring (bicyclic) bond motifs is 3. The number of amides is 1. The van der Waals surface area contributed by atoms with E-state index in [4.69, 9.17) is 0 Å². The molecule has 0 atom stereocenters. The summed E-state index contributed by atoms with van der Waals surface area (Å²) in [5.74, 6) is -0.175. The minimum Gasteiger partial charge on any atom is -0.368 e. The van der Waals surface area contributed by atoms with Gasteiger partial charge >= 0.3 is 0 Å². The summed E-state index contributed by atoms with van der Waals surface area (Å²) < 4.78 is 1.93. The standard InChI is InChI=1S/C23H24N6O2/c1-24-22(30)18-6-5-17(14-25-18)28-11-9-27(10-12-28)15-16-4-7-20-19(13-16)26-23(31)21-3-2-8-29(20)21/h2-8,13-14H,9-12,15H2,1H3,(H,24,30)(H,26,31). The second-order valence-electron chi connectivity index (χ2n) is 7.81. The van der Waals surface area contributed by atoms with E-state index in [1.54, 1.807) is 19.3 Å². The van der Waals surface area contributed by atoms with Crippen LogP contribution in [0.25, 0.3) is 16.6 Å². The predicted octanol–water partition coefficient (Wildman–Crippen LogP) is 1.86. The highest BCUT2D eigenvalue weighted by Crippen LogP contribution is 2.19. The summed E-state index contributed by atoms with van der Waals surface area (Å²) in [6, 6.07) is 13.7. The normalized spacial score (nSPS) is 14.9. The van der Waals surface area contributed by atoms with E-state index in [0.717, 1.165) is 49.4 Å². The van der Waals surface area contributed by atoms with Gasteiger partial charge in [0.25, 0.3) is 11.5 Å². The summed E-state index contributed by atoms with van der Waals surface area (Å²) >= 11 is 0. The molecule has 1 saturated heterocycles. The molecule has 0 unspecified atom stereocenters. The lowest BCUT2D eigenvalue weighted by atomic mass is 10.1. The smallest absolute Gasteiger partial charge is 0.272 e. The van der Waals surface area contributed by atoms with Crippen LogP contribution in [0.5, 0.6) is 0 Å². The van der Waals surface area contributed by atoms with Gasteiger partial charge in [0.2, 0.25) is 0 Å². The van der Waals surface area contributed by atoms with Gasteiger partial charge in [-0.15, -0.1) is 0 Å². The number of H-pyrrole nitrogens is 1. The molecule has 3 aromatic heterocycles. The molecule has 4 heterocycles. The van der Waals surface area contributed by atoms with Crippen molar-refractivity contribution in [3.8, 4) is 0 Å². The van der Waals surface area contributed by atoms with Crippen LogP contribution in [0.2, 0.25) is 0 Å². The van der Waals surface area contributed by atoms with Crippen molar-refractivity contribution in [2.45, 2.75) is 6.54 Å². The zero-order valence-electron chi connectivity index (χ0n) is 17.3. The number of aromatic nitrogens is 3. The molecule has 0 spiro atoms. The number of nitrogens with zero attached hydrogens (tertiary/aromatic N) is 4. The average Bonchev–Trinajstić information content (AvgIpc) is 3.30. The molecular weight excluding hydrogens is 392 g/mol. The number of carbonyl (C=O) groups is 1. The summed E-state index contributed by atoms with van der Waals surface area (Å²) in [5.41, 5.74) is 5.09. The minimum absolute atomic E-state index is 0.0701. The Balaban J connectivity index is 1.26. The number of hydrogen-bond acceptors (Lipinski definition) is 5. The fourth-order valence-electron chi connectivity index (χ4n) is 4.21. The van der Waals surface area contributed by atoms with Gasteiger partial charge in [0.15, 0.2) is 0 Å². The molecule has 0 bridgehead atoms. The number of carbonyl (C=O) groups excluding carboxylic acids is 1. The summed E-state index contributed by atoms with van der Waals surface area (Å²) in [7, 11) is 1.60. The summed E-state index contributed by atoms with van der Waals surface area (Å²) in [6.45, 7) is 4.50. The van der Waals surface area contributed by atoms with E-state index in [-0.39, 0.29) is 11.5 Å². The van der Waals surface area contributed by atoms with Crippen LogP contribution in [-0.4, -0.2) is 58.4 Å². The van der Waals surface area contributed by atoms with E-state index in [2.05, 4.69) is 43.3 Å². The van der Waals surface area contributed by atoms with Crippen molar-refractivity contribution in [2.75, 3.05) is 38.1 Å². The highest BCUT2D eigenvalue weighted by molar-refractivity contribution is 5.92. The van der Waals surface area contributed by atoms with Crippen LogP contribution >= 0.6 is 0 Å². The fourth-order valence-corrected chi connectivity index (χ4v) is 4.21. The second-order valence-corrected chi connectivity index (χ2v) is 7.81. The molecule has 2 N–H and O–H groups in total. The molecule has 1 amide bonds. The van der Waals surface area contributed by atoms with E-state index in [1.165, 1.54) is 5.56 Å². The lowest BCUT2D eigenvalue weighted by Gasteiger charge is -2.36. The number of nitrogens with one attached hydrogen (secondary N) is 2. The SMILES string of the molecule is CNC(=O)c1ccc(N2CCN(Cc3ccc4c(c3)[nH]c(=O)c3cccn34)CC2)cn1. The van der Waals surface area contributed by atoms with E-state index >= 15 is 0 Å². The molecule has 158 valence electrons. The molecule has 8 nitrogen and oxygen atoms in total. The van der Waals surface area contributed by atoms with Gasteiger partial charge in [-0.05, 0) is 42.0 Å². The van der Waals surface area contributed by atoms with Crippen LogP contribution in [0.3, 0.4) is 0 Å². The highest BCUT2D eigenvalue weighted by atomic mass is 16.1. The maximum atomic E-state index is 12.3. The van der Waals surface area contributed by atoms with E-state index < -0.39 is 0 Å². The minimum atomic E-state index is -0.175. The third kappa shape index (κ3) is 3.66. The van der Waals surface area contributed by atoms with Crippen molar-refractivity contribution in [3.63, 3.8) is 0 Å². The lowest BCUT2D eigenvalue weighted by molar-refractivity contribution is 0.0958. The number of piperazine rings is 1. The first-order valence-electron chi connectivity index (χ1n) is 10.4. The van der Waals surface area contributed by atoms with Crippen molar-refractivity contribution in [1.82, 2.24) is 24.6 Å². The molecule has 0 aliphatic carbocycles. The number of benzene rings is 1. The summed E-state index contributed by atoms with van der Waals surface area (Å²) in [5, 5.41) is 2.59. The van der Waals surface area contributed by atoms with Gasteiger partial charge in [-0.3, -0.25) is 14.5 Å². The van der Waals surface area contributed by atoms with Crippen LogP contribution in [0.15, 0.2) is 59.7 Å². The van der Waals surface area contributed by atoms with Crippen LogP contribution in [-0.2, 0) is 6.54 Å². The van der Waals surface area contributed by atoms with Crippen molar-refractivity contribution in [2.24, 2.45) is 0 Å². The van der Waals surface area contributed by atoms with Crippen molar-refractivity contribution in [1.29, 1.82) is 0 Å². The summed E-state index contributed by atoms with van der Waals surface area (Å²) in [4.78, 5) is 35.9. The zero-order chi connectivity index (χ0) is 21.4. The Labute approximate surface area is 179 Å². The Morgan fingerprint density at radius 3 is 2.68 bits per heavy atom. The molecule has 31 heavy (non-hydrogen) atoms. The Kier molecular flexibility index (Phi) is 4.91. The Bertz CT molecular complexity index is 1300. The Morgan fingerprint density at radius 2 is 1.94 bits per heavy atom. The summed E-state index contributed by atoms with van der Waals surface area (Å²) in [6.07, 6.45) is 3.68. The molecular formula is C23H24N6O2.